The van der Waals surface area contributed by atoms with Gasteiger partial charge in [-0.3, -0.25) is 9.48 Å². The summed E-state index contributed by atoms with van der Waals surface area (Å²) in [6.07, 6.45) is 1.77. The number of nitrogens with zero attached hydrogens (tertiary/aromatic N) is 2. The van der Waals surface area contributed by atoms with Crippen molar-refractivity contribution in [3.8, 4) is 0 Å². The van der Waals surface area contributed by atoms with Gasteiger partial charge >= 0.3 is 0 Å². The van der Waals surface area contributed by atoms with E-state index in [1.54, 1.807) is 11.8 Å². The molecule has 0 aliphatic heterocycles. The lowest BCUT2D eigenvalue weighted by Crippen LogP contribution is -2.34. The van der Waals surface area contributed by atoms with Gasteiger partial charge in [0.25, 0.3) is 0 Å². The van der Waals surface area contributed by atoms with Gasteiger partial charge < -0.3 is 10.1 Å². The zero-order valence-corrected chi connectivity index (χ0v) is 12.9. The number of carbonyl (C=O) groups excluding carboxylic acids is 1. The lowest BCUT2D eigenvalue weighted by atomic mass is 10.1. The molecule has 0 atom stereocenters. The van der Waals surface area contributed by atoms with Gasteiger partial charge in [0.1, 0.15) is 0 Å². The van der Waals surface area contributed by atoms with Gasteiger partial charge in [-0.05, 0) is 25.0 Å². The van der Waals surface area contributed by atoms with E-state index < -0.39 is 0 Å². The Kier molecular flexibility index (Phi) is 3.63. The molecule has 1 heterocycles. The monoisotopic (exact) mass is 307 g/mol. The maximum absolute atomic E-state index is 12.3. The minimum absolute atomic E-state index is 0.0372. The Bertz CT molecular complexity index is 692. The molecule has 1 fully saturated rings. The number of ether oxygens (including phenoxy) is 1. The van der Waals surface area contributed by atoms with E-state index in [-0.39, 0.29) is 11.3 Å². The fourth-order valence-corrected chi connectivity index (χ4v) is 2.97. The van der Waals surface area contributed by atoms with Crippen molar-refractivity contribution in [2.75, 3.05) is 13.7 Å². The average molecular weight is 308 g/mol. The number of aryl methyl sites for hydroxylation is 1. The normalized spacial score (nSPS) is 16.1. The zero-order chi connectivity index (χ0) is 15.0. The fourth-order valence-electron chi connectivity index (χ4n) is 2.69. The first kappa shape index (κ1) is 14.4. The number of nitrogens with one attached hydrogen (secondary N) is 1. The van der Waals surface area contributed by atoms with Gasteiger partial charge in [0.2, 0.25) is 5.91 Å². The van der Waals surface area contributed by atoms with Crippen molar-refractivity contribution in [3.63, 3.8) is 0 Å². The van der Waals surface area contributed by atoms with E-state index in [4.69, 9.17) is 16.3 Å². The number of halogens is 1. The fraction of sp³-hybridized carbons (Fsp3) is 0.467. The van der Waals surface area contributed by atoms with Crippen molar-refractivity contribution >= 4 is 28.4 Å². The summed E-state index contributed by atoms with van der Waals surface area (Å²) < 4.78 is 6.92. The zero-order valence-electron chi connectivity index (χ0n) is 12.1. The van der Waals surface area contributed by atoms with Gasteiger partial charge in [-0.1, -0.05) is 17.7 Å². The van der Waals surface area contributed by atoms with Gasteiger partial charge in [0, 0.05) is 19.5 Å². The van der Waals surface area contributed by atoms with Crippen molar-refractivity contribution in [2.24, 2.45) is 12.5 Å². The molecule has 6 heteroatoms. The predicted octanol–water partition coefficient (Wildman–Crippen LogP) is 2.27. The third-order valence-electron chi connectivity index (χ3n) is 4.07. The summed E-state index contributed by atoms with van der Waals surface area (Å²) in [6.45, 7) is 0.855. The number of hydrogen-bond donors (Lipinski definition) is 1. The maximum Gasteiger partial charge on any atom is 0.228 e. The van der Waals surface area contributed by atoms with Crippen LogP contribution in [0.1, 0.15) is 18.5 Å². The second-order valence-electron chi connectivity index (χ2n) is 5.60. The van der Waals surface area contributed by atoms with Crippen LogP contribution in [0.15, 0.2) is 18.2 Å². The van der Waals surface area contributed by atoms with E-state index in [0.29, 0.717) is 18.2 Å². The van der Waals surface area contributed by atoms with Crippen molar-refractivity contribution < 1.29 is 9.53 Å². The smallest absolute Gasteiger partial charge is 0.228 e. The molecular formula is C15H18ClN3O2. The second-order valence-corrected chi connectivity index (χ2v) is 6.01. The third kappa shape index (κ3) is 2.51. The molecule has 3 rings (SSSR count). The standard InChI is InChI=1S/C15H18ClN3O2/c1-19-12-5-3-4-10(16)13(12)11(18-19)8-17-14(20)15(6-7-15)9-21-2/h3-5H,6-9H2,1-2H3,(H,17,20). The quantitative estimate of drug-likeness (QED) is 0.922. The first-order valence-corrected chi connectivity index (χ1v) is 7.32. The molecule has 1 aromatic carbocycles. The molecule has 0 saturated heterocycles. The number of fused-ring (bicyclic) bond motifs is 1. The highest BCUT2D eigenvalue weighted by Gasteiger charge is 2.49. The second kappa shape index (κ2) is 5.31. The van der Waals surface area contributed by atoms with Crippen LogP contribution >= 0.6 is 11.6 Å². The summed E-state index contributed by atoms with van der Waals surface area (Å²) in [5.74, 6) is 0.0372. The number of aromatic nitrogens is 2. The van der Waals surface area contributed by atoms with Gasteiger partial charge in [0.15, 0.2) is 0 Å². The molecule has 0 bridgehead atoms. The van der Waals surface area contributed by atoms with Crippen molar-refractivity contribution in [3.05, 3.63) is 28.9 Å². The summed E-state index contributed by atoms with van der Waals surface area (Å²) >= 11 is 6.26. The van der Waals surface area contributed by atoms with Crippen molar-refractivity contribution in [2.45, 2.75) is 19.4 Å². The van der Waals surface area contributed by atoms with Crippen molar-refractivity contribution in [1.82, 2.24) is 15.1 Å². The molecule has 5 nitrogen and oxygen atoms in total. The van der Waals surface area contributed by atoms with E-state index in [1.165, 1.54) is 0 Å². The Morgan fingerprint density at radius 3 is 2.95 bits per heavy atom. The summed E-state index contributed by atoms with van der Waals surface area (Å²) in [6, 6.07) is 5.70. The van der Waals surface area contributed by atoms with Gasteiger partial charge in [-0.2, -0.15) is 5.10 Å². The molecule has 1 aromatic heterocycles. The molecule has 112 valence electrons. The van der Waals surface area contributed by atoms with Crippen LogP contribution in [-0.2, 0) is 23.1 Å². The third-order valence-corrected chi connectivity index (χ3v) is 4.39. The number of amides is 1. The van der Waals surface area contributed by atoms with Crippen LogP contribution in [0.2, 0.25) is 5.02 Å². The van der Waals surface area contributed by atoms with E-state index >= 15 is 0 Å². The molecule has 1 amide bonds. The Hall–Kier alpha value is -1.59. The largest absolute Gasteiger partial charge is 0.384 e. The Morgan fingerprint density at radius 2 is 2.29 bits per heavy atom. The summed E-state index contributed by atoms with van der Waals surface area (Å²) in [4.78, 5) is 12.3. The summed E-state index contributed by atoms with van der Waals surface area (Å²) in [5, 5.41) is 8.98. The van der Waals surface area contributed by atoms with Crippen LogP contribution in [-0.4, -0.2) is 29.4 Å². The van der Waals surface area contributed by atoms with E-state index in [1.807, 2.05) is 25.2 Å². The lowest BCUT2D eigenvalue weighted by molar-refractivity contribution is -0.128. The maximum atomic E-state index is 12.3. The molecule has 0 radical (unpaired) electrons. The number of rotatable bonds is 5. The topological polar surface area (TPSA) is 56.1 Å². The summed E-state index contributed by atoms with van der Waals surface area (Å²) in [5.41, 5.74) is 1.42. The molecule has 1 aliphatic carbocycles. The average Bonchev–Trinajstić information content (AvgIpc) is 3.17. The van der Waals surface area contributed by atoms with Crippen LogP contribution in [0.4, 0.5) is 0 Å². The van der Waals surface area contributed by atoms with Crippen LogP contribution in [0, 0.1) is 5.41 Å². The highest BCUT2D eigenvalue weighted by atomic mass is 35.5. The SMILES string of the molecule is COCC1(C(=O)NCc2nn(C)c3cccc(Cl)c23)CC1. The van der Waals surface area contributed by atoms with E-state index in [9.17, 15) is 4.79 Å². The molecule has 1 saturated carbocycles. The highest BCUT2D eigenvalue weighted by Crippen LogP contribution is 2.46. The number of carbonyl (C=O) groups is 1. The first-order chi connectivity index (χ1) is 10.1. The minimum atomic E-state index is -0.330. The van der Waals surface area contributed by atoms with E-state index in [2.05, 4.69) is 10.4 Å². The van der Waals surface area contributed by atoms with Crippen molar-refractivity contribution in [1.29, 1.82) is 0 Å². The molecule has 0 unspecified atom stereocenters. The lowest BCUT2D eigenvalue weighted by Gasteiger charge is -2.13. The number of benzene rings is 1. The Balaban J connectivity index is 1.79. The molecule has 0 spiro atoms. The molecule has 21 heavy (non-hydrogen) atoms. The highest BCUT2D eigenvalue weighted by molar-refractivity contribution is 6.35. The molecular weight excluding hydrogens is 290 g/mol. The van der Waals surface area contributed by atoms with E-state index in [0.717, 1.165) is 29.4 Å². The van der Waals surface area contributed by atoms with Gasteiger partial charge in [0.05, 0.1) is 34.8 Å². The number of hydrogen-bond acceptors (Lipinski definition) is 3. The van der Waals surface area contributed by atoms with Gasteiger partial charge in [-0.25, -0.2) is 0 Å². The van der Waals surface area contributed by atoms with Crippen LogP contribution in [0.5, 0.6) is 0 Å². The minimum Gasteiger partial charge on any atom is -0.384 e. The number of methoxy groups -OCH3 is 1. The first-order valence-electron chi connectivity index (χ1n) is 6.95. The Labute approximate surface area is 128 Å². The van der Waals surface area contributed by atoms with Crippen LogP contribution in [0.25, 0.3) is 10.9 Å². The molecule has 1 aliphatic rings. The molecule has 1 N–H and O–H groups in total. The summed E-state index contributed by atoms with van der Waals surface area (Å²) in [7, 11) is 3.50. The predicted molar refractivity (Wildman–Crippen MR) is 81.1 cm³/mol. The molecule has 2 aromatic rings. The Morgan fingerprint density at radius 1 is 1.52 bits per heavy atom. The van der Waals surface area contributed by atoms with Crippen LogP contribution in [0.3, 0.4) is 0 Å². The van der Waals surface area contributed by atoms with Gasteiger partial charge in [-0.15, -0.1) is 0 Å². The van der Waals surface area contributed by atoms with Crippen LogP contribution < -0.4 is 5.32 Å².